The fraction of sp³-hybridized carbons (Fsp3) is 0.316. The highest BCUT2D eigenvalue weighted by molar-refractivity contribution is 5.93. The number of benzene rings is 1. The number of aromatic nitrogens is 1. The largest absolute Gasteiger partial charge is 0.573 e. The van der Waals surface area contributed by atoms with Crippen molar-refractivity contribution in [3.05, 3.63) is 54.4 Å². The van der Waals surface area contributed by atoms with E-state index in [-0.39, 0.29) is 24.1 Å². The lowest BCUT2D eigenvalue weighted by Gasteiger charge is -2.34. The number of alkyl halides is 3. The minimum Gasteiger partial charge on any atom is -0.406 e. The van der Waals surface area contributed by atoms with Crippen LogP contribution < -0.4 is 10.1 Å². The van der Waals surface area contributed by atoms with Crippen LogP contribution in [0, 0.1) is 0 Å². The molecule has 1 aromatic heterocycles. The SMILES string of the molecule is O=C(CN1CCN(C(=O)c2ccccn2)CC1)Nc1ccc(OC(F)(F)F)cc1. The van der Waals surface area contributed by atoms with Crippen LogP contribution in [0.2, 0.25) is 0 Å². The van der Waals surface area contributed by atoms with E-state index >= 15 is 0 Å². The summed E-state index contributed by atoms with van der Waals surface area (Å²) in [6.45, 7) is 2.14. The van der Waals surface area contributed by atoms with Crippen molar-refractivity contribution in [2.24, 2.45) is 0 Å². The molecule has 0 saturated carbocycles. The van der Waals surface area contributed by atoms with E-state index in [1.165, 1.54) is 12.1 Å². The first kappa shape index (κ1) is 20.6. The van der Waals surface area contributed by atoms with Crippen molar-refractivity contribution >= 4 is 17.5 Å². The van der Waals surface area contributed by atoms with Gasteiger partial charge in [0.15, 0.2) is 0 Å². The van der Waals surface area contributed by atoms with Crippen molar-refractivity contribution in [1.29, 1.82) is 0 Å². The molecule has 29 heavy (non-hydrogen) atoms. The number of piperazine rings is 1. The third-order valence-electron chi connectivity index (χ3n) is 4.28. The lowest BCUT2D eigenvalue weighted by Crippen LogP contribution is -2.50. The van der Waals surface area contributed by atoms with Gasteiger partial charge in [0.1, 0.15) is 11.4 Å². The summed E-state index contributed by atoms with van der Waals surface area (Å²) in [7, 11) is 0. The molecule has 2 amide bonds. The van der Waals surface area contributed by atoms with E-state index in [2.05, 4.69) is 15.0 Å². The molecule has 0 spiro atoms. The Morgan fingerprint density at radius 1 is 1.03 bits per heavy atom. The number of nitrogens with one attached hydrogen (secondary N) is 1. The molecule has 0 aliphatic carbocycles. The molecule has 154 valence electrons. The van der Waals surface area contributed by atoms with Gasteiger partial charge in [-0.2, -0.15) is 0 Å². The van der Waals surface area contributed by atoms with Crippen molar-refractivity contribution in [3.63, 3.8) is 0 Å². The van der Waals surface area contributed by atoms with Gasteiger partial charge in [-0.25, -0.2) is 0 Å². The van der Waals surface area contributed by atoms with Crippen LogP contribution in [-0.2, 0) is 4.79 Å². The quantitative estimate of drug-likeness (QED) is 0.822. The highest BCUT2D eigenvalue weighted by atomic mass is 19.4. The topological polar surface area (TPSA) is 74.8 Å². The molecule has 1 saturated heterocycles. The molecule has 2 heterocycles. The lowest BCUT2D eigenvalue weighted by atomic mass is 10.2. The molecule has 1 fully saturated rings. The van der Waals surface area contributed by atoms with Crippen LogP contribution in [-0.4, -0.2) is 65.7 Å². The van der Waals surface area contributed by atoms with Crippen LogP contribution in [0.3, 0.4) is 0 Å². The maximum atomic E-state index is 12.4. The molecule has 1 aromatic carbocycles. The smallest absolute Gasteiger partial charge is 0.406 e. The summed E-state index contributed by atoms with van der Waals surface area (Å²) < 4.78 is 40.3. The van der Waals surface area contributed by atoms with Gasteiger partial charge in [0.2, 0.25) is 5.91 Å². The molecular formula is C19H19F3N4O3. The van der Waals surface area contributed by atoms with Gasteiger partial charge >= 0.3 is 6.36 Å². The number of ether oxygens (including phenoxy) is 1. The van der Waals surface area contributed by atoms with E-state index in [0.717, 1.165) is 12.1 Å². The van der Waals surface area contributed by atoms with Gasteiger partial charge in [-0.1, -0.05) is 6.07 Å². The Kier molecular flexibility index (Phi) is 6.32. The van der Waals surface area contributed by atoms with Crippen molar-refractivity contribution in [2.75, 3.05) is 38.0 Å². The normalized spacial score (nSPS) is 15.1. The summed E-state index contributed by atoms with van der Waals surface area (Å²) in [4.78, 5) is 32.2. The highest BCUT2D eigenvalue weighted by Crippen LogP contribution is 2.23. The number of rotatable bonds is 5. The van der Waals surface area contributed by atoms with Crippen LogP contribution in [0.4, 0.5) is 18.9 Å². The lowest BCUT2D eigenvalue weighted by molar-refractivity contribution is -0.274. The second-order valence-corrected chi connectivity index (χ2v) is 6.40. The number of pyridine rings is 1. The fourth-order valence-electron chi connectivity index (χ4n) is 2.90. The van der Waals surface area contributed by atoms with Crippen LogP contribution in [0.25, 0.3) is 0 Å². The fourth-order valence-corrected chi connectivity index (χ4v) is 2.90. The van der Waals surface area contributed by atoms with E-state index in [0.29, 0.717) is 37.6 Å². The van der Waals surface area contributed by atoms with Crippen LogP contribution >= 0.6 is 0 Å². The number of halogens is 3. The third kappa shape index (κ3) is 6.18. The maximum absolute atomic E-state index is 12.4. The van der Waals surface area contributed by atoms with E-state index in [4.69, 9.17) is 0 Å². The molecule has 3 rings (SSSR count). The zero-order valence-electron chi connectivity index (χ0n) is 15.4. The molecule has 1 N–H and O–H groups in total. The molecule has 1 aliphatic heterocycles. The molecule has 1 aliphatic rings. The predicted octanol–water partition coefficient (Wildman–Crippen LogP) is 2.38. The Bertz CT molecular complexity index is 836. The molecule has 0 atom stereocenters. The molecule has 7 nitrogen and oxygen atoms in total. The Labute approximate surface area is 165 Å². The number of hydrogen-bond acceptors (Lipinski definition) is 5. The minimum absolute atomic E-state index is 0.117. The minimum atomic E-state index is -4.76. The Balaban J connectivity index is 1.44. The number of carbonyl (C=O) groups excluding carboxylic acids is 2. The van der Waals surface area contributed by atoms with Crippen molar-refractivity contribution in [2.45, 2.75) is 6.36 Å². The Morgan fingerprint density at radius 2 is 1.72 bits per heavy atom. The van der Waals surface area contributed by atoms with Gasteiger partial charge in [0.05, 0.1) is 6.54 Å². The number of hydrogen-bond donors (Lipinski definition) is 1. The molecule has 0 bridgehead atoms. The summed E-state index contributed by atoms with van der Waals surface area (Å²) in [5, 5.41) is 2.63. The maximum Gasteiger partial charge on any atom is 0.573 e. The summed E-state index contributed by atoms with van der Waals surface area (Å²) in [5.41, 5.74) is 0.755. The average molecular weight is 408 g/mol. The zero-order valence-corrected chi connectivity index (χ0v) is 15.4. The Morgan fingerprint density at radius 3 is 2.31 bits per heavy atom. The van der Waals surface area contributed by atoms with Crippen LogP contribution in [0.1, 0.15) is 10.5 Å². The number of carbonyl (C=O) groups is 2. The average Bonchev–Trinajstić information content (AvgIpc) is 2.69. The second-order valence-electron chi connectivity index (χ2n) is 6.40. The second kappa shape index (κ2) is 8.91. The first-order valence-corrected chi connectivity index (χ1v) is 8.88. The van der Waals surface area contributed by atoms with Gasteiger partial charge in [-0.15, -0.1) is 13.2 Å². The van der Waals surface area contributed by atoms with Crippen LogP contribution in [0.15, 0.2) is 48.7 Å². The van der Waals surface area contributed by atoms with Crippen molar-refractivity contribution in [1.82, 2.24) is 14.8 Å². The standard InChI is InChI=1S/C19H19F3N4O3/c20-19(21,22)29-15-6-4-14(5-7-15)24-17(27)13-25-9-11-26(12-10-25)18(28)16-3-1-2-8-23-16/h1-8H,9-13H2,(H,24,27). The van der Waals surface area contributed by atoms with Crippen LogP contribution in [0.5, 0.6) is 5.75 Å². The van der Waals surface area contributed by atoms with Gasteiger partial charge in [-0.3, -0.25) is 19.5 Å². The van der Waals surface area contributed by atoms with Crippen molar-refractivity contribution in [3.8, 4) is 5.75 Å². The molecule has 2 aromatic rings. The molecule has 0 unspecified atom stereocenters. The van der Waals surface area contributed by atoms with E-state index < -0.39 is 6.36 Å². The van der Waals surface area contributed by atoms with Gasteiger partial charge in [0.25, 0.3) is 5.91 Å². The van der Waals surface area contributed by atoms with E-state index in [1.54, 1.807) is 29.3 Å². The first-order valence-electron chi connectivity index (χ1n) is 8.88. The van der Waals surface area contributed by atoms with Gasteiger partial charge in [0, 0.05) is 38.1 Å². The number of amides is 2. The zero-order chi connectivity index (χ0) is 20.9. The number of anilines is 1. The van der Waals surface area contributed by atoms with Gasteiger partial charge < -0.3 is 15.0 Å². The van der Waals surface area contributed by atoms with E-state index in [9.17, 15) is 22.8 Å². The van der Waals surface area contributed by atoms with E-state index in [1.807, 2.05) is 4.90 Å². The third-order valence-corrected chi connectivity index (χ3v) is 4.28. The number of nitrogens with zero attached hydrogens (tertiary/aromatic N) is 3. The summed E-state index contributed by atoms with van der Waals surface area (Å²) >= 11 is 0. The van der Waals surface area contributed by atoms with Crippen molar-refractivity contribution < 1.29 is 27.5 Å². The Hall–Kier alpha value is -3.14. The first-order chi connectivity index (χ1) is 13.8. The molecule has 0 radical (unpaired) electrons. The van der Waals surface area contributed by atoms with Gasteiger partial charge in [-0.05, 0) is 36.4 Å². The summed E-state index contributed by atoms with van der Waals surface area (Å²) in [5.74, 6) is -0.793. The summed E-state index contributed by atoms with van der Waals surface area (Å²) in [6.07, 6.45) is -3.19. The highest BCUT2D eigenvalue weighted by Gasteiger charge is 2.31. The molecule has 10 heteroatoms. The molecular weight excluding hydrogens is 389 g/mol. The summed E-state index contributed by atoms with van der Waals surface area (Å²) in [6, 6.07) is 10.1. The monoisotopic (exact) mass is 408 g/mol. The predicted molar refractivity (Wildman–Crippen MR) is 98.3 cm³/mol.